The van der Waals surface area contributed by atoms with Crippen LogP contribution in [0.25, 0.3) is 0 Å². The number of likely N-dealkylation sites (N-methyl/N-ethyl adjacent to an activating group) is 1. The molecule has 0 unspecified atom stereocenters. The van der Waals surface area contributed by atoms with Crippen LogP contribution in [0.3, 0.4) is 0 Å². The average Bonchev–Trinajstić information content (AvgIpc) is 2.97. The van der Waals surface area contributed by atoms with Crippen LogP contribution in [0.2, 0.25) is 0 Å². The third kappa shape index (κ3) is 2.96. The van der Waals surface area contributed by atoms with E-state index in [0.29, 0.717) is 18.6 Å². The first kappa shape index (κ1) is 12.6. The average molecular weight is 263 g/mol. The second-order valence-corrected chi connectivity index (χ2v) is 5.65. The molecule has 0 saturated carbocycles. The Morgan fingerprint density at radius 3 is 3.11 bits per heavy atom. The summed E-state index contributed by atoms with van der Waals surface area (Å²) in [6, 6.07) is 0.907. The third-order valence-electron chi connectivity index (χ3n) is 4.07. The van der Waals surface area contributed by atoms with Gasteiger partial charge < -0.3 is 14.8 Å². The maximum atomic E-state index is 11.9. The van der Waals surface area contributed by atoms with Crippen molar-refractivity contribution < 1.29 is 4.79 Å². The molecule has 104 valence electrons. The Labute approximate surface area is 113 Å². The number of aromatic nitrogens is 2. The molecule has 6 nitrogen and oxygen atoms in total. The van der Waals surface area contributed by atoms with E-state index < -0.39 is 0 Å². The fraction of sp³-hybridized carbons (Fsp3) is 0.692. The number of carbonyl (C=O) groups excluding carboxylic acids is 1. The van der Waals surface area contributed by atoms with Gasteiger partial charge >= 0.3 is 0 Å². The van der Waals surface area contributed by atoms with Gasteiger partial charge in [-0.25, -0.2) is 4.98 Å². The largest absolute Gasteiger partial charge is 0.350 e. The predicted octanol–water partition coefficient (Wildman–Crippen LogP) is -0.612. The van der Waals surface area contributed by atoms with Gasteiger partial charge in [-0.05, 0) is 13.5 Å². The van der Waals surface area contributed by atoms with E-state index in [1.165, 1.54) is 0 Å². The number of nitrogens with zero attached hydrogens (tertiary/aromatic N) is 4. The van der Waals surface area contributed by atoms with E-state index >= 15 is 0 Å². The molecule has 0 spiro atoms. The van der Waals surface area contributed by atoms with E-state index in [9.17, 15) is 4.79 Å². The summed E-state index contributed by atoms with van der Waals surface area (Å²) in [5, 5.41) is 3.14. The molecule has 3 rings (SSSR count). The Hall–Kier alpha value is -1.40. The standard InChI is InChI=1S/C13H21N5O/c1-16-4-5-18-7-11(6-12(18)8-16)15-13(19)9-17-3-2-14-10-17/h2-3,10-12H,4-9H2,1H3,(H,15,19)/t11-,12-/m0/s1. The van der Waals surface area contributed by atoms with E-state index in [2.05, 4.69) is 27.1 Å². The molecule has 1 aromatic rings. The highest BCUT2D eigenvalue weighted by atomic mass is 16.2. The predicted molar refractivity (Wildman–Crippen MR) is 71.6 cm³/mol. The van der Waals surface area contributed by atoms with Gasteiger partial charge in [-0.2, -0.15) is 0 Å². The third-order valence-corrected chi connectivity index (χ3v) is 4.07. The minimum atomic E-state index is 0.0798. The number of piperazine rings is 1. The summed E-state index contributed by atoms with van der Waals surface area (Å²) in [7, 11) is 2.17. The van der Waals surface area contributed by atoms with Crippen molar-refractivity contribution in [2.75, 3.05) is 33.2 Å². The van der Waals surface area contributed by atoms with Crippen LogP contribution < -0.4 is 5.32 Å². The van der Waals surface area contributed by atoms with Crippen LogP contribution in [0.15, 0.2) is 18.7 Å². The Morgan fingerprint density at radius 2 is 2.32 bits per heavy atom. The number of carbonyl (C=O) groups is 1. The molecular weight excluding hydrogens is 242 g/mol. The lowest BCUT2D eigenvalue weighted by Gasteiger charge is -2.34. The van der Waals surface area contributed by atoms with Crippen molar-refractivity contribution in [2.45, 2.75) is 25.0 Å². The van der Waals surface area contributed by atoms with Gasteiger partial charge in [0.2, 0.25) is 5.91 Å². The van der Waals surface area contributed by atoms with Crippen LogP contribution >= 0.6 is 0 Å². The molecule has 1 amide bonds. The normalized spacial score (nSPS) is 28.3. The first-order chi connectivity index (χ1) is 9.20. The minimum Gasteiger partial charge on any atom is -0.350 e. The molecule has 0 radical (unpaired) electrons. The van der Waals surface area contributed by atoms with Gasteiger partial charge in [0.25, 0.3) is 0 Å². The summed E-state index contributed by atoms with van der Waals surface area (Å²) in [6.07, 6.45) is 6.25. The molecule has 19 heavy (non-hydrogen) atoms. The summed E-state index contributed by atoms with van der Waals surface area (Å²) in [6.45, 7) is 4.73. The van der Waals surface area contributed by atoms with Crippen LogP contribution in [-0.4, -0.2) is 70.6 Å². The molecule has 6 heteroatoms. The molecule has 0 aromatic carbocycles. The van der Waals surface area contributed by atoms with E-state index in [1.807, 2.05) is 6.20 Å². The molecule has 1 N–H and O–H groups in total. The van der Waals surface area contributed by atoms with Gasteiger partial charge in [0, 0.05) is 50.7 Å². The lowest BCUT2D eigenvalue weighted by Crippen LogP contribution is -2.48. The quantitative estimate of drug-likeness (QED) is 0.790. The molecule has 2 aliphatic heterocycles. The van der Waals surface area contributed by atoms with Crippen molar-refractivity contribution in [3.8, 4) is 0 Å². The smallest absolute Gasteiger partial charge is 0.240 e. The Morgan fingerprint density at radius 1 is 1.42 bits per heavy atom. The highest BCUT2D eigenvalue weighted by Crippen LogP contribution is 2.21. The Balaban J connectivity index is 1.50. The lowest BCUT2D eigenvalue weighted by atomic mass is 10.1. The first-order valence-corrected chi connectivity index (χ1v) is 6.88. The number of fused-ring (bicyclic) bond motifs is 1. The fourth-order valence-corrected chi connectivity index (χ4v) is 3.12. The van der Waals surface area contributed by atoms with Crippen LogP contribution in [0.5, 0.6) is 0 Å². The molecule has 0 bridgehead atoms. The number of hydrogen-bond acceptors (Lipinski definition) is 4. The van der Waals surface area contributed by atoms with Gasteiger partial charge in [-0.15, -0.1) is 0 Å². The topological polar surface area (TPSA) is 53.4 Å². The van der Waals surface area contributed by atoms with E-state index in [4.69, 9.17) is 0 Å². The second-order valence-electron chi connectivity index (χ2n) is 5.65. The SMILES string of the molecule is CN1CCN2C[C@@H](NC(=O)Cn3ccnc3)C[C@H]2C1. The lowest BCUT2D eigenvalue weighted by molar-refractivity contribution is -0.122. The molecule has 2 fully saturated rings. The Bertz CT molecular complexity index is 432. The number of rotatable bonds is 3. The minimum absolute atomic E-state index is 0.0798. The zero-order valence-corrected chi connectivity index (χ0v) is 11.3. The van der Waals surface area contributed by atoms with Crippen molar-refractivity contribution >= 4 is 5.91 Å². The van der Waals surface area contributed by atoms with Gasteiger partial charge in [0.05, 0.1) is 6.33 Å². The molecule has 0 aliphatic carbocycles. The van der Waals surface area contributed by atoms with Crippen LogP contribution in [0.1, 0.15) is 6.42 Å². The number of hydrogen-bond donors (Lipinski definition) is 1. The second kappa shape index (κ2) is 5.30. The van der Waals surface area contributed by atoms with E-state index in [1.54, 1.807) is 17.1 Å². The zero-order chi connectivity index (χ0) is 13.2. The summed E-state index contributed by atoms with van der Waals surface area (Å²) >= 11 is 0. The van der Waals surface area contributed by atoms with Gasteiger partial charge in [0.15, 0.2) is 0 Å². The fourth-order valence-electron chi connectivity index (χ4n) is 3.12. The Kier molecular flexibility index (Phi) is 3.52. The summed E-state index contributed by atoms with van der Waals surface area (Å²) in [5.41, 5.74) is 0. The van der Waals surface area contributed by atoms with Crippen molar-refractivity contribution in [1.29, 1.82) is 0 Å². The monoisotopic (exact) mass is 263 g/mol. The first-order valence-electron chi connectivity index (χ1n) is 6.88. The van der Waals surface area contributed by atoms with E-state index in [0.717, 1.165) is 32.6 Å². The van der Waals surface area contributed by atoms with Crippen molar-refractivity contribution in [1.82, 2.24) is 24.7 Å². The van der Waals surface area contributed by atoms with Crippen molar-refractivity contribution in [2.24, 2.45) is 0 Å². The van der Waals surface area contributed by atoms with Gasteiger partial charge in [0.1, 0.15) is 6.54 Å². The highest BCUT2D eigenvalue weighted by molar-refractivity contribution is 5.76. The summed E-state index contributed by atoms with van der Waals surface area (Å²) < 4.78 is 1.80. The molecular formula is C13H21N5O. The zero-order valence-electron chi connectivity index (χ0n) is 11.3. The van der Waals surface area contributed by atoms with Crippen molar-refractivity contribution in [3.63, 3.8) is 0 Å². The van der Waals surface area contributed by atoms with Crippen LogP contribution in [-0.2, 0) is 11.3 Å². The van der Waals surface area contributed by atoms with Gasteiger partial charge in [-0.3, -0.25) is 9.69 Å². The van der Waals surface area contributed by atoms with Crippen LogP contribution in [0, 0.1) is 0 Å². The molecule has 2 atom stereocenters. The molecule has 1 aromatic heterocycles. The van der Waals surface area contributed by atoms with Crippen LogP contribution in [0.4, 0.5) is 0 Å². The van der Waals surface area contributed by atoms with Crippen molar-refractivity contribution in [3.05, 3.63) is 18.7 Å². The molecule has 2 saturated heterocycles. The number of amides is 1. The molecule has 2 aliphatic rings. The number of imidazole rings is 1. The summed E-state index contributed by atoms with van der Waals surface area (Å²) in [4.78, 5) is 20.8. The molecule has 3 heterocycles. The maximum Gasteiger partial charge on any atom is 0.240 e. The van der Waals surface area contributed by atoms with E-state index in [-0.39, 0.29) is 5.91 Å². The maximum absolute atomic E-state index is 11.9. The summed E-state index contributed by atoms with van der Waals surface area (Å²) in [5.74, 6) is 0.0798. The number of nitrogens with one attached hydrogen (secondary N) is 1. The van der Waals surface area contributed by atoms with Gasteiger partial charge in [-0.1, -0.05) is 0 Å². The highest BCUT2D eigenvalue weighted by Gasteiger charge is 2.35.